The van der Waals surface area contributed by atoms with Gasteiger partial charge in [-0.15, -0.1) is 0 Å². The number of fused-ring (bicyclic) bond motifs is 1. The lowest BCUT2D eigenvalue weighted by atomic mass is 10.1. The van der Waals surface area contributed by atoms with E-state index < -0.39 is 0 Å². The molecule has 3 aromatic rings. The van der Waals surface area contributed by atoms with Crippen LogP contribution >= 0.6 is 0 Å². The van der Waals surface area contributed by atoms with Crippen LogP contribution in [0.3, 0.4) is 0 Å². The van der Waals surface area contributed by atoms with E-state index in [1.165, 1.54) is 22.0 Å². The molecule has 1 aromatic carbocycles. The Morgan fingerprint density at radius 3 is 3.00 bits per heavy atom. The maximum atomic E-state index is 4.33. The highest BCUT2D eigenvalue weighted by Gasteiger charge is 2.08. The molecule has 2 heterocycles. The second kappa shape index (κ2) is 6.14. The molecule has 0 radical (unpaired) electrons. The van der Waals surface area contributed by atoms with Crippen LogP contribution in [0.15, 0.2) is 42.9 Å². The van der Waals surface area contributed by atoms with Crippen molar-refractivity contribution in [3.63, 3.8) is 0 Å². The number of aromatic nitrogens is 3. The van der Waals surface area contributed by atoms with E-state index >= 15 is 0 Å². The normalized spacial score (nSPS) is 12.9. The standard InChI is InChI=1S/C17H22N4/c1-3-21-12-15(11-20-21)13(2)18-9-8-14-10-19-17-7-5-4-6-16(14)17/h4-7,10-13,18-19H,3,8-9H2,1-2H3. The van der Waals surface area contributed by atoms with Crippen molar-refractivity contribution in [1.82, 2.24) is 20.1 Å². The van der Waals surface area contributed by atoms with Crippen molar-refractivity contribution in [1.29, 1.82) is 0 Å². The van der Waals surface area contributed by atoms with Gasteiger partial charge in [0.2, 0.25) is 0 Å². The lowest BCUT2D eigenvalue weighted by molar-refractivity contribution is 0.575. The number of para-hydroxylation sites is 1. The summed E-state index contributed by atoms with van der Waals surface area (Å²) in [4.78, 5) is 3.33. The summed E-state index contributed by atoms with van der Waals surface area (Å²) in [5.41, 5.74) is 3.83. The van der Waals surface area contributed by atoms with Gasteiger partial charge in [0, 0.05) is 41.4 Å². The predicted molar refractivity (Wildman–Crippen MR) is 86.3 cm³/mol. The average Bonchev–Trinajstić information content (AvgIpc) is 3.14. The first-order chi connectivity index (χ1) is 10.3. The van der Waals surface area contributed by atoms with Crippen molar-refractivity contribution >= 4 is 10.9 Å². The number of benzene rings is 1. The lowest BCUT2D eigenvalue weighted by Gasteiger charge is -2.11. The van der Waals surface area contributed by atoms with Crippen LogP contribution in [0.4, 0.5) is 0 Å². The fourth-order valence-electron chi connectivity index (χ4n) is 2.66. The summed E-state index contributed by atoms with van der Waals surface area (Å²) in [5, 5.41) is 9.22. The molecule has 0 fully saturated rings. The van der Waals surface area contributed by atoms with Crippen molar-refractivity contribution in [3.8, 4) is 0 Å². The fourth-order valence-corrected chi connectivity index (χ4v) is 2.66. The molecule has 0 aliphatic rings. The highest BCUT2D eigenvalue weighted by Crippen LogP contribution is 2.18. The Bertz CT molecular complexity index is 710. The van der Waals surface area contributed by atoms with Gasteiger partial charge in [0.15, 0.2) is 0 Å². The minimum atomic E-state index is 0.329. The van der Waals surface area contributed by atoms with E-state index in [4.69, 9.17) is 0 Å². The summed E-state index contributed by atoms with van der Waals surface area (Å²) in [5.74, 6) is 0. The molecule has 0 saturated carbocycles. The summed E-state index contributed by atoms with van der Waals surface area (Å²) < 4.78 is 1.97. The number of aromatic amines is 1. The molecule has 0 saturated heterocycles. The Hall–Kier alpha value is -2.07. The highest BCUT2D eigenvalue weighted by molar-refractivity contribution is 5.83. The predicted octanol–water partition coefficient (Wildman–Crippen LogP) is 3.28. The third-order valence-corrected chi connectivity index (χ3v) is 4.00. The number of hydrogen-bond acceptors (Lipinski definition) is 2. The van der Waals surface area contributed by atoms with E-state index in [0.29, 0.717) is 6.04 Å². The van der Waals surface area contributed by atoms with Crippen molar-refractivity contribution < 1.29 is 0 Å². The molecule has 0 spiro atoms. The Kier molecular flexibility index (Phi) is 4.06. The SMILES string of the molecule is CCn1cc(C(C)NCCc2c[nH]c3ccccc23)cn1. The van der Waals surface area contributed by atoms with Gasteiger partial charge in [-0.05, 0) is 38.4 Å². The maximum Gasteiger partial charge on any atom is 0.0537 e. The molecule has 1 atom stereocenters. The summed E-state index contributed by atoms with van der Waals surface area (Å²) >= 11 is 0. The molecule has 3 rings (SSSR count). The smallest absolute Gasteiger partial charge is 0.0537 e. The quantitative estimate of drug-likeness (QED) is 0.729. The molecule has 0 aliphatic heterocycles. The van der Waals surface area contributed by atoms with E-state index in [-0.39, 0.29) is 0 Å². The van der Waals surface area contributed by atoms with Crippen molar-refractivity contribution in [2.45, 2.75) is 32.9 Å². The Morgan fingerprint density at radius 2 is 2.19 bits per heavy atom. The number of hydrogen-bond donors (Lipinski definition) is 2. The molecule has 0 aliphatic carbocycles. The number of nitrogens with one attached hydrogen (secondary N) is 2. The minimum Gasteiger partial charge on any atom is -0.361 e. The third kappa shape index (κ3) is 3.00. The number of rotatable bonds is 6. The van der Waals surface area contributed by atoms with E-state index in [1.54, 1.807) is 0 Å². The fraction of sp³-hybridized carbons (Fsp3) is 0.353. The first-order valence-corrected chi connectivity index (χ1v) is 7.58. The molecular formula is C17H22N4. The van der Waals surface area contributed by atoms with Crippen LogP contribution < -0.4 is 5.32 Å². The summed E-state index contributed by atoms with van der Waals surface area (Å²) in [6.45, 7) is 6.17. The minimum absolute atomic E-state index is 0.329. The van der Waals surface area contributed by atoms with Crippen LogP contribution in [0, 0.1) is 0 Å². The molecule has 1 unspecified atom stereocenters. The van der Waals surface area contributed by atoms with E-state index in [9.17, 15) is 0 Å². The molecular weight excluding hydrogens is 260 g/mol. The van der Waals surface area contributed by atoms with Gasteiger partial charge in [0.05, 0.1) is 6.20 Å². The van der Waals surface area contributed by atoms with Crippen LogP contribution in [0.5, 0.6) is 0 Å². The van der Waals surface area contributed by atoms with Gasteiger partial charge in [-0.1, -0.05) is 18.2 Å². The summed E-state index contributed by atoms with van der Waals surface area (Å²) in [6, 6.07) is 8.78. The number of H-pyrrole nitrogens is 1. The maximum absolute atomic E-state index is 4.33. The van der Waals surface area contributed by atoms with Gasteiger partial charge in [-0.3, -0.25) is 4.68 Å². The largest absolute Gasteiger partial charge is 0.361 e. The van der Waals surface area contributed by atoms with E-state index in [1.807, 2.05) is 10.9 Å². The van der Waals surface area contributed by atoms with Crippen molar-refractivity contribution in [2.75, 3.05) is 6.54 Å². The van der Waals surface area contributed by atoms with Crippen LogP contribution in [0.1, 0.15) is 31.0 Å². The molecule has 0 amide bonds. The van der Waals surface area contributed by atoms with Gasteiger partial charge in [0.1, 0.15) is 0 Å². The topological polar surface area (TPSA) is 45.6 Å². The Balaban J connectivity index is 1.58. The van der Waals surface area contributed by atoms with Crippen LogP contribution in [0.25, 0.3) is 10.9 Å². The monoisotopic (exact) mass is 282 g/mol. The van der Waals surface area contributed by atoms with Crippen LogP contribution in [-0.4, -0.2) is 21.3 Å². The van der Waals surface area contributed by atoms with Gasteiger partial charge in [0.25, 0.3) is 0 Å². The molecule has 2 N–H and O–H groups in total. The summed E-state index contributed by atoms with van der Waals surface area (Å²) in [7, 11) is 0. The Labute approximate surface area is 125 Å². The van der Waals surface area contributed by atoms with E-state index in [0.717, 1.165) is 19.5 Å². The van der Waals surface area contributed by atoms with Crippen LogP contribution in [-0.2, 0) is 13.0 Å². The number of nitrogens with zero attached hydrogens (tertiary/aromatic N) is 2. The van der Waals surface area contributed by atoms with Gasteiger partial charge in [-0.2, -0.15) is 5.10 Å². The third-order valence-electron chi connectivity index (χ3n) is 4.00. The van der Waals surface area contributed by atoms with Crippen molar-refractivity contribution in [3.05, 3.63) is 54.0 Å². The second-order valence-corrected chi connectivity index (χ2v) is 5.41. The van der Waals surface area contributed by atoms with Crippen LogP contribution in [0.2, 0.25) is 0 Å². The zero-order valence-corrected chi connectivity index (χ0v) is 12.6. The molecule has 21 heavy (non-hydrogen) atoms. The molecule has 4 nitrogen and oxygen atoms in total. The zero-order chi connectivity index (χ0) is 14.7. The first-order valence-electron chi connectivity index (χ1n) is 7.58. The number of aryl methyl sites for hydroxylation is 1. The van der Waals surface area contributed by atoms with E-state index in [2.05, 4.69) is 65.9 Å². The summed E-state index contributed by atoms with van der Waals surface area (Å²) in [6.07, 6.45) is 7.21. The highest BCUT2D eigenvalue weighted by atomic mass is 15.3. The second-order valence-electron chi connectivity index (χ2n) is 5.41. The van der Waals surface area contributed by atoms with Gasteiger partial charge < -0.3 is 10.3 Å². The zero-order valence-electron chi connectivity index (χ0n) is 12.6. The lowest BCUT2D eigenvalue weighted by Crippen LogP contribution is -2.21. The average molecular weight is 282 g/mol. The van der Waals surface area contributed by atoms with Gasteiger partial charge >= 0.3 is 0 Å². The molecule has 0 bridgehead atoms. The van der Waals surface area contributed by atoms with Gasteiger partial charge in [-0.25, -0.2) is 0 Å². The Morgan fingerprint density at radius 1 is 1.33 bits per heavy atom. The molecule has 2 aromatic heterocycles. The first kappa shape index (κ1) is 13.9. The van der Waals surface area contributed by atoms with Crippen molar-refractivity contribution in [2.24, 2.45) is 0 Å². The molecule has 110 valence electrons. The molecule has 4 heteroatoms.